The van der Waals surface area contributed by atoms with Crippen LogP contribution < -0.4 is 0 Å². The average molecular weight is 175 g/mol. The van der Waals surface area contributed by atoms with Crippen molar-refractivity contribution in [3.63, 3.8) is 0 Å². The van der Waals surface area contributed by atoms with Gasteiger partial charge in [-0.05, 0) is 0 Å². The third-order valence-corrected chi connectivity index (χ3v) is 0. The Kier molecular flexibility index (Phi) is 6.74. The molecular weight excluding hydrogens is 172 g/mol. The van der Waals surface area contributed by atoms with E-state index in [4.69, 9.17) is 17.5 Å². The molecule has 0 rings (SSSR count). The maximum absolute atomic E-state index is 8.52. The van der Waals surface area contributed by atoms with Crippen LogP contribution in [0, 0.1) is 0 Å². The third-order valence-electron chi connectivity index (χ3n) is 0. The summed E-state index contributed by atoms with van der Waals surface area (Å²) in [5.41, 5.74) is 0. The summed E-state index contributed by atoms with van der Waals surface area (Å²) in [6.07, 6.45) is 0. The SMILES string of the molecule is O=S(=O)([O-])[O-].[CH3][Cu+2]. The van der Waals surface area contributed by atoms with Gasteiger partial charge in [0.25, 0.3) is 0 Å². The van der Waals surface area contributed by atoms with Crippen molar-refractivity contribution >= 4 is 10.4 Å². The van der Waals surface area contributed by atoms with Crippen molar-refractivity contribution in [2.45, 2.75) is 5.82 Å². The van der Waals surface area contributed by atoms with Crippen LogP contribution in [0.15, 0.2) is 0 Å². The van der Waals surface area contributed by atoms with Crippen LogP contribution in [0.2, 0.25) is 5.82 Å². The van der Waals surface area contributed by atoms with E-state index >= 15 is 0 Å². The zero-order chi connectivity index (χ0) is 6.50. The van der Waals surface area contributed by atoms with Crippen molar-refractivity contribution < 1.29 is 33.5 Å². The van der Waals surface area contributed by atoms with Gasteiger partial charge in [0, 0.05) is 10.4 Å². The molecule has 0 bridgehead atoms. The summed E-state index contributed by atoms with van der Waals surface area (Å²) in [5.74, 6) is 1.56. The Morgan fingerprint density at radius 2 is 1.29 bits per heavy atom. The standard InChI is InChI=1S/CH3.Cu.H2O4S/c;;1-5(2,3)4/h1H3;;(H2,1,2,3,4)/q;+2;/p-2. The summed E-state index contributed by atoms with van der Waals surface area (Å²) in [6.45, 7) is 0. The van der Waals surface area contributed by atoms with Crippen LogP contribution in [0.5, 0.6) is 0 Å². The van der Waals surface area contributed by atoms with Crippen LogP contribution in [0.1, 0.15) is 0 Å². The molecule has 0 aliphatic heterocycles. The second kappa shape index (κ2) is 4.55. The maximum atomic E-state index is 8.52. The Balaban J connectivity index is 0. The molecule has 0 aromatic rings. The van der Waals surface area contributed by atoms with Crippen LogP contribution in [-0.4, -0.2) is 17.5 Å². The van der Waals surface area contributed by atoms with E-state index in [1.165, 1.54) is 0 Å². The van der Waals surface area contributed by atoms with Crippen LogP contribution >= 0.6 is 0 Å². The van der Waals surface area contributed by atoms with E-state index in [2.05, 4.69) is 16.0 Å². The molecule has 0 saturated heterocycles. The molecule has 0 aromatic heterocycles. The molecule has 0 heterocycles. The fourth-order valence-electron chi connectivity index (χ4n) is 0. The molecule has 4 nitrogen and oxygen atoms in total. The Morgan fingerprint density at radius 1 is 1.29 bits per heavy atom. The van der Waals surface area contributed by atoms with Crippen LogP contribution in [0.4, 0.5) is 0 Å². The van der Waals surface area contributed by atoms with E-state index in [1.54, 1.807) is 5.82 Å². The van der Waals surface area contributed by atoms with Gasteiger partial charge in [0.15, 0.2) is 0 Å². The van der Waals surface area contributed by atoms with E-state index in [0.29, 0.717) is 0 Å². The first-order valence-electron chi connectivity index (χ1n) is 0.968. The van der Waals surface area contributed by atoms with Gasteiger partial charge >= 0.3 is 21.8 Å². The Bertz CT molecular complexity index is 94.9. The number of rotatable bonds is 0. The summed E-state index contributed by atoms with van der Waals surface area (Å²) in [6, 6.07) is 0. The van der Waals surface area contributed by atoms with Gasteiger partial charge in [-0.2, -0.15) is 0 Å². The third kappa shape index (κ3) is 812. The molecule has 0 aromatic carbocycles. The van der Waals surface area contributed by atoms with Gasteiger partial charge in [0.2, 0.25) is 0 Å². The molecule has 6 heteroatoms. The molecule has 0 aliphatic rings. The van der Waals surface area contributed by atoms with E-state index in [9.17, 15) is 0 Å². The predicted molar refractivity (Wildman–Crippen MR) is 16.3 cm³/mol. The van der Waals surface area contributed by atoms with Gasteiger partial charge in [-0.1, -0.05) is 0 Å². The molecular formula is CH3CuO4S. The van der Waals surface area contributed by atoms with Gasteiger partial charge in [-0.3, -0.25) is 8.42 Å². The topological polar surface area (TPSA) is 80.3 Å². The van der Waals surface area contributed by atoms with Crippen molar-refractivity contribution in [1.82, 2.24) is 0 Å². The number of hydrogen-bond donors (Lipinski definition) is 0. The normalized spacial score (nSPS) is 9.29. The molecule has 0 N–H and O–H groups in total. The van der Waals surface area contributed by atoms with Crippen molar-refractivity contribution in [1.29, 1.82) is 0 Å². The van der Waals surface area contributed by atoms with Crippen molar-refractivity contribution in [3.05, 3.63) is 0 Å². The fraction of sp³-hybridized carbons (Fsp3) is 1.00. The van der Waals surface area contributed by atoms with Gasteiger partial charge < -0.3 is 9.11 Å². The summed E-state index contributed by atoms with van der Waals surface area (Å²) in [7, 11) is -5.17. The first-order valence-corrected chi connectivity index (χ1v) is 3.24. The minimum absolute atomic E-state index is 1.56. The van der Waals surface area contributed by atoms with Gasteiger partial charge in [-0.15, -0.1) is 0 Å². The summed E-state index contributed by atoms with van der Waals surface area (Å²) in [4.78, 5) is 0. The first kappa shape index (κ1) is 10.4. The molecule has 0 atom stereocenters. The Labute approximate surface area is 50.3 Å². The predicted octanol–water partition coefficient (Wildman–Crippen LogP) is -0.757. The second-order valence-electron chi connectivity index (χ2n) is 0.408. The van der Waals surface area contributed by atoms with Crippen LogP contribution in [0.25, 0.3) is 0 Å². The summed E-state index contributed by atoms with van der Waals surface area (Å²) < 4.78 is 34.1. The zero-order valence-corrected chi connectivity index (χ0v) is 5.10. The monoisotopic (exact) mass is 174 g/mol. The molecule has 48 valence electrons. The van der Waals surface area contributed by atoms with Crippen LogP contribution in [-0.2, 0) is 26.4 Å². The molecule has 0 spiro atoms. The zero-order valence-electron chi connectivity index (χ0n) is 3.34. The summed E-state index contributed by atoms with van der Waals surface area (Å²) >= 11 is 4.19. The molecule has 0 unspecified atom stereocenters. The van der Waals surface area contributed by atoms with E-state index in [0.717, 1.165) is 0 Å². The quantitative estimate of drug-likeness (QED) is 0.275. The molecule has 0 fully saturated rings. The molecule has 7 heavy (non-hydrogen) atoms. The molecule has 0 radical (unpaired) electrons. The summed E-state index contributed by atoms with van der Waals surface area (Å²) in [5, 5.41) is 0. The fourth-order valence-corrected chi connectivity index (χ4v) is 0. The minimum atomic E-state index is -5.17. The average Bonchev–Trinajstić information content (AvgIpc) is 1.36. The molecule has 0 amide bonds. The Morgan fingerprint density at radius 3 is 1.29 bits per heavy atom. The molecule has 0 saturated carbocycles. The van der Waals surface area contributed by atoms with Gasteiger partial charge in [-0.25, -0.2) is 0 Å². The van der Waals surface area contributed by atoms with E-state index in [-0.39, 0.29) is 0 Å². The van der Waals surface area contributed by atoms with Gasteiger partial charge in [0.1, 0.15) is 0 Å². The Hall–Kier alpha value is 0.389. The van der Waals surface area contributed by atoms with Crippen molar-refractivity contribution in [2.24, 2.45) is 0 Å². The van der Waals surface area contributed by atoms with Crippen LogP contribution in [0.3, 0.4) is 0 Å². The van der Waals surface area contributed by atoms with Crippen molar-refractivity contribution in [3.8, 4) is 0 Å². The van der Waals surface area contributed by atoms with E-state index in [1.807, 2.05) is 0 Å². The second-order valence-corrected chi connectivity index (χ2v) is 1.22. The molecule has 0 aliphatic carbocycles. The number of hydrogen-bond acceptors (Lipinski definition) is 4. The van der Waals surface area contributed by atoms with Gasteiger partial charge in [0.05, 0.1) is 0 Å². The van der Waals surface area contributed by atoms with Crippen molar-refractivity contribution in [2.75, 3.05) is 0 Å². The van der Waals surface area contributed by atoms with E-state index < -0.39 is 10.4 Å². The first-order chi connectivity index (χ1) is 3.00.